The van der Waals surface area contributed by atoms with Crippen LogP contribution in [0.15, 0.2) is 53.1 Å². The van der Waals surface area contributed by atoms with Gasteiger partial charge in [0.25, 0.3) is 0 Å². The van der Waals surface area contributed by atoms with Gasteiger partial charge in [0.2, 0.25) is 0 Å². The van der Waals surface area contributed by atoms with Gasteiger partial charge in [0.15, 0.2) is 11.5 Å². The minimum Gasteiger partial charge on any atom is -0.486 e. The highest BCUT2D eigenvalue weighted by Gasteiger charge is 2.31. The number of benzene rings is 2. The Labute approximate surface area is 146 Å². The normalized spacial score (nSPS) is 16.1. The van der Waals surface area contributed by atoms with Crippen LogP contribution in [0.2, 0.25) is 0 Å². The molecule has 3 aromatic rings. The molecule has 0 unspecified atom stereocenters. The van der Waals surface area contributed by atoms with Gasteiger partial charge in [-0.15, -0.1) is 0 Å². The van der Waals surface area contributed by atoms with E-state index in [0.29, 0.717) is 23.6 Å². The van der Waals surface area contributed by atoms with Crippen LogP contribution in [0.1, 0.15) is 46.4 Å². The number of carbonyl (C=O) groups excluding carboxylic acids is 1. The average molecular weight is 333 g/mol. The van der Waals surface area contributed by atoms with E-state index >= 15 is 0 Å². The number of fused-ring (bicyclic) bond motifs is 1. The van der Waals surface area contributed by atoms with Crippen LogP contribution in [0.25, 0.3) is 11.3 Å². The second kappa shape index (κ2) is 6.20. The van der Waals surface area contributed by atoms with Crippen LogP contribution in [0.4, 0.5) is 0 Å². The van der Waals surface area contributed by atoms with Crippen molar-refractivity contribution in [2.45, 2.75) is 32.8 Å². The molecule has 1 aliphatic carbocycles. The summed E-state index contributed by atoms with van der Waals surface area (Å²) in [4.78, 5) is 12.3. The van der Waals surface area contributed by atoms with Gasteiger partial charge in [-0.25, -0.2) is 0 Å². The first kappa shape index (κ1) is 15.6. The number of Topliss-reactive ketones (excluding diaryl/α,β-unsaturated/α-hetero) is 1. The van der Waals surface area contributed by atoms with Gasteiger partial charge in [0, 0.05) is 18.1 Å². The first-order chi connectivity index (χ1) is 12.1. The molecular formula is C21H19NO3. The van der Waals surface area contributed by atoms with Crippen LogP contribution in [0.5, 0.6) is 5.75 Å². The zero-order valence-corrected chi connectivity index (χ0v) is 14.3. The van der Waals surface area contributed by atoms with Crippen molar-refractivity contribution in [3.63, 3.8) is 0 Å². The van der Waals surface area contributed by atoms with Crippen LogP contribution in [-0.4, -0.2) is 10.9 Å². The molecule has 1 aromatic heterocycles. The number of rotatable bonds is 4. The molecule has 0 amide bonds. The van der Waals surface area contributed by atoms with E-state index in [1.165, 1.54) is 0 Å². The third-order valence-corrected chi connectivity index (χ3v) is 4.68. The fourth-order valence-electron chi connectivity index (χ4n) is 3.50. The molecule has 2 aromatic carbocycles. The average Bonchev–Trinajstić information content (AvgIpc) is 3.21. The number of aromatic nitrogens is 1. The lowest BCUT2D eigenvalue weighted by atomic mass is 9.97. The van der Waals surface area contributed by atoms with Gasteiger partial charge in [0.1, 0.15) is 18.1 Å². The Bertz CT molecular complexity index is 928. The standard InChI is InChI=1S/C21H19NO3/c1-13-8-9-18(21-17(23)10-14(2)20(13)21)24-12-16-11-19(25-22-16)15-6-4-3-5-7-15/h3-9,11,14H,10,12H2,1-2H3/t14-/m0/s1. The first-order valence-corrected chi connectivity index (χ1v) is 8.44. The molecule has 25 heavy (non-hydrogen) atoms. The molecule has 0 saturated carbocycles. The molecule has 0 N–H and O–H groups in total. The lowest BCUT2D eigenvalue weighted by Crippen LogP contribution is -2.02. The molecule has 0 radical (unpaired) electrons. The second-order valence-electron chi connectivity index (χ2n) is 6.53. The Morgan fingerprint density at radius 2 is 2.00 bits per heavy atom. The van der Waals surface area contributed by atoms with Crippen LogP contribution in [0.3, 0.4) is 0 Å². The zero-order chi connectivity index (χ0) is 17.4. The van der Waals surface area contributed by atoms with Crippen molar-refractivity contribution in [3.05, 3.63) is 70.9 Å². The molecule has 0 saturated heterocycles. The number of carbonyl (C=O) groups is 1. The minimum absolute atomic E-state index is 0.159. The van der Waals surface area contributed by atoms with Crippen molar-refractivity contribution in [2.75, 3.05) is 0 Å². The highest BCUT2D eigenvalue weighted by atomic mass is 16.5. The molecule has 0 aliphatic heterocycles. The van der Waals surface area contributed by atoms with Gasteiger partial charge in [-0.3, -0.25) is 4.79 Å². The smallest absolute Gasteiger partial charge is 0.167 e. The van der Waals surface area contributed by atoms with E-state index < -0.39 is 0 Å². The quantitative estimate of drug-likeness (QED) is 0.680. The summed E-state index contributed by atoms with van der Waals surface area (Å²) in [5.41, 5.74) is 4.67. The van der Waals surface area contributed by atoms with Crippen LogP contribution in [0, 0.1) is 6.92 Å². The Hall–Kier alpha value is -2.88. The van der Waals surface area contributed by atoms with Crippen LogP contribution < -0.4 is 4.74 Å². The van der Waals surface area contributed by atoms with Gasteiger partial charge in [0.05, 0.1) is 5.56 Å². The molecule has 4 heteroatoms. The summed E-state index contributed by atoms with van der Waals surface area (Å²) in [6.07, 6.45) is 0.554. The zero-order valence-electron chi connectivity index (χ0n) is 14.3. The molecule has 126 valence electrons. The third kappa shape index (κ3) is 2.84. The van der Waals surface area contributed by atoms with Crippen molar-refractivity contribution < 1.29 is 14.1 Å². The van der Waals surface area contributed by atoms with Crippen molar-refractivity contribution in [1.29, 1.82) is 0 Å². The van der Waals surface area contributed by atoms with E-state index in [-0.39, 0.29) is 18.3 Å². The number of nitrogens with zero attached hydrogens (tertiary/aromatic N) is 1. The molecule has 1 aliphatic rings. The van der Waals surface area contributed by atoms with E-state index in [1.54, 1.807) is 0 Å². The third-order valence-electron chi connectivity index (χ3n) is 4.68. The van der Waals surface area contributed by atoms with Gasteiger partial charge >= 0.3 is 0 Å². The lowest BCUT2D eigenvalue weighted by Gasteiger charge is -2.12. The number of ether oxygens (including phenoxy) is 1. The minimum atomic E-state index is 0.159. The van der Waals surface area contributed by atoms with E-state index in [9.17, 15) is 4.79 Å². The fourth-order valence-corrected chi connectivity index (χ4v) is 3.50. The Balaban J connectivity index is 1.55. The summed E-state index contributed by atoms with van der Waals surface area (Å²) in [7, 11) is 0. The Kier molecular flexibility index (Phi) is 3.88. The monoisotopic (exact) mass is 333 g/mol. The molecule has 1 heterocycles. The molecule has 4 rings (SSSR count). The van der Waals surface area contributed by atoms with Crippen molar-refractivity contribution in [2.24, 2.45) is 0 Å². The fraction of sp³-hybridized carbons (Fsp3) is 0.238. The summed E-state index contributed by atoms with van der Waals surface area (Å²) < 4.78 is 11.3. The number of hydrogen-bond donors (Lipinski definition) is 0. The molecule has 4 nitrogen and oxygen atoms in total. The molecule has 0 spiro atoms. The Morgan fingerprint density at radius 1 is 1.20 bits per heavy atom. The van der Waals surface area contributed by atoms with Gasteiger partial charge in [-0.1, -0.05) is 48.5 Å². The maximum absolute atomic E-state index is 12.3. The molecule has 0 bridgehead atoms. The largest absolute Gasteiger partial charge is 0.486 e. The Morgan fingerprint density at radius 3 is 2.80 bits per heavy atom. The maximum Gasteiger partial charge on any atom is 0.167 e. The van der Waals surface area contributed by atoms with Crippen molar-refractivity contribution >= 4 is 5.78 Å². The van der Waals surface area contributed by atoms with Crippen molar-refractivity contribution in [1.82, 2.24) is 5.16 Å². The highest BCUT2D eigenvalue weighted by Crippen LogP contribution is 2.40. The highest BCUT2D eigenvalue weighted by molar-refractivity contribution is 6.04. The van der Waals surface area contributed by atoms with Crippen LogP contribution >= 0.6 is 0 Å². The molecular weight excluding hydrogens is 314 g/mol. The summed E-state index contributed by atoms with van der Waals surface area (Å²) in [6, 6.07) is 15.6. The van der Waals surface area contributed by atoms with Crippen molar-refractivity contribution in [3.8, 4) is 17.1 Å². The lowest BCUT2D eigenvalue weighted by molar-refractivity contribution is 0.0986. The van der Waals surface area contributed by atoms with E-state index in [0.717, 1.165) is 22.3 Å². The molecule has 0 fully saturated rings. The predicted octanol–water partition coefficient (Wildman–Crippen LogP) is 4.92. The van der Waals surface area contributed by atoms with E-state index in [1.807, 2.05) is 55.5 Å². The summed E-state index contributed by atoms with van der Waals surface area (Å²) in [5, 5.41) is 4.07. The topological polar surface area (TPSA) is 52.3 Å². The number of aryl methyl sites for hydroxylation is 1. The second-order valence-corrected chi connectivity index (χ2v) is 6.53. The maximum atomic E-state index is 12.3. The molecule has 1 atom stereocenters. The number of hydrogen-bond acceptors (Lipinski definition) is 4. The first-order valence-electron chi connectivity index (χ1n) is 8.44. The summed E-state index contributed by atoms with van der Waals surface area (Å²) in [6.45, 7) is 4.40. The van der Waals surface area contributed by atoms with E-state index in [4.69, 9.17) is 9.26 Å². The summed E-state index contributed by atoms with van der Waals surface area (Å²) in [5.74, 6) is 1.76. The van der Waals surface area contributed by atoms with E-state index in [2.05, 4.69) is 12.1 Å². The summed E-state index contributed by atoms with van der Waals surface area (Å²) >= 11 is 0. The predicted molar refractivity (Wildman–Crippen MR) is 94.8 cm³/mol. The van der Waals surface area contributed by atoms with Gasteiger partial charge in [-0.05, 0) is 30.0 Å². The van der Waals surface area contributed by atoms with Gasteiger partial charge < -0.3 is 9.26 Å². The SMILES string of the molecule is Cc1ccc(OCc2cc(-c3ccccc3)on2)c2c1[C@@H](C)CC2=O. The van der Waals surface area contributed by atoms with Crippen LogP contribution in [-0.2, 0) is 6.61 Å². The van der Waals surface area contributed by atoms with Gasteiger partial charge in [-0.2, -0.15) is 0 Å². The number of ketones is 1.